The summed E-state index contributed by atoms with van der Waals surface area (Å²) in [5.74, 6) is 0.388. The van der Waals surface area contributed by atoms with Gasteiger partial charge in [-0.1, -0.05) is 76.8 Å². The summed E-state index contributed by atoms with van der Waals surface area (Å²) in [6.07, 6.45) is 15.5. The van der Waals surface area contributed by atoms with Crippen LogP contribution in [0.4, 0.5) is 0 Å². The van der Waals surface area contributed by atoms with Crippen molar-refractivity contribution in [2.24, 2.45) is 0 Å². The monoisotopic (exact) mass is 416 g/mol. The highest BCUT2D eigenvalue weighted by Gasteiger charge is 2.03. The minimum Gasteiger partial charge on any atom is -0.383 e. The quantitative estimate of drug-likeness (QED) is 0.323. The van der Waals surface area contributed by atoms with Gasteiger partial charge in [0.25, 0.3) is 0 Å². The molecule has 0 spiro atoms. The van der Waals surface area contributed by atoms with Gasteiger partial charge in [0, 0.05) is 0 Å². The van der Waals surface area contributed by atoms with Crippen molar-refractivity contribution in [3.05, 3.63) is 29.8 Å². The van der Waals surface area contributed by atoms with E-state index in [2.05, 4.69) is 6.92 Å². The molecular formula is C22H44N2O3S. The van der Waals surface area contributed by atoms with Gasteiger partial charge in [0.2, 0.25) is 0 Å². The van der Waals surface area contributed by atoms with Crippen LogP contribution in [-0.4, -0.2) is 40.7 Å². The number of unbranched alkanes of at least 4 members (excludes halogenated alkanes) is 9. The van der Waals surface area contributed by atoms with Crippen molar-refractivity contribution in [2.45, 2.75) is 77.6 Å². The van der Waals surface area contributed by atoms with Crippen LogP contribution >= 0.6 is 0 Å². The van der Waals surface area contributed by atoms with E-state index in [-0.39, 0.29) is 6.15 Å². The molecule has 1 rings (SSSR count). The highest BCUT2D eigenvalue weighted by molar-refractivity contribution is 7.86. The third kappa shape index (κ3) is 21.2. The van der Waals surface area contributed by atoms with Gasteiger partial charge in [-0.05, 0) is 51.7 Å². The van der Waals surface area contributed by atoms with Crippen molar-refractivity contribution in [2.75, 3.05) is 27.4 Å². The molecule has 0 aliphatic rings. The molecule has 3 N–H and O–H groups in total. The van der Waals surface area contributed by atoms with E-state index in [9.17, 15) is 8.42 Å². The number of nitrogens with zero attached hydrogens (tertiary/aromatic N) is 1. The van der Waals surface area contributed by atoms with E-state index in [0.717, 1.165) is 12.7 Å². The lowest BCUT2D eigenvalue weighted by molar-refractivity contribution is 0.493. The van der Waals surface area contributed by atoms with E-state index in [1.807, 2.05) is 38.2 Å². The number of hydrogen-bond donors (Lipinski definition) is 1. The van der Waals surface area contributed by atoms with Crippen LogP contribution < -0.4 is 10.3 Å². The maximum Gasteiger partial charge on any atom is 0.306 e. The van der Waals surface area contributed by atoms with Crippen molar-refractivity contribution in [3.8, 4) is 5.75 Å². The summed E-state index contributed by atoms with van der Waals surface area (Å²) in [6, 6.07) is 7.36. The Morgan fingerprint density at radius 1 is 0.786 bits per heavy atom. The van der Waals surface area contributed by atoms with Crippen LogP contribution in [0.3, 0.4) is 0 Å². The smallest absolute Gasteiger partial charge is 0.306 e. The van der Waals surface area contributed by atoms with Gasteiger partial charge in [-0.3, -0.25) is 0 Å². The Labute approximate surface area is 174 Å². The first kappa shape index (κ1) is 29.1. The summed E-state index contributed by atoms with van der Waals surface area (Å²) >= 11 is 0. The first-order chi connectivity index (χ1) is 12.7. The fourth-order valence-corrected chi connectivity index (χ4v) is 3.16. The largest absolute Gasteiger partial charge is 0.383 e. The zero-order chi connectivity index (χ0) is 20.5. The SMILES string of the molecule is CCCCCCCCCCCCc1ccc(OS(C)(=O)=O)cc1.CN(C)C.N. The molecule has 0 saturated heterocycles. The molecule has 28 heavy (non-hydrogen) atoms. The highest BCUT2D eigenvalue weighted by Crippen LogP contribution is 2.16. The fourth-order valence-electron chi connectivity index (χ4n) is 2.70. The Hall–Kier alpha value is -1.11. The molecule has 0 saturated carbocycles. The van der Waals surface area contributed by atoms with E-state index in [1.165, 1.54) is 69.8 Å². The molecule has 1 aromatic carbocycles. The van der Waals surface area contributed by atoms with Gasteiger partial charge in [-0.15, -0.1) is 0 Å². The van der Waals surface area contributed by atoms with E-state index < -0.39 is 10.1 Å². The summed E-state index contributed by atoms with van der Waals surface area (Å²) in [5.41, 5.74) is 1.24. The van der Waals surface area contributed by atoms with Crippen molar-refractivity contribution in [1.82, 2.24) is 11.1 Å². The maximum absolute atomic E-state index is 11.0. The molecule has 0 bridgehead atoms. The minimum absolute atomic E-state index is 0. The molecule has 0 unspecified atom stereocenters. The molecule has 0 fully saturated rings. The molecular weight excluding hydrogens is 372 g/mol. The third-order valence-electron chi connectivity index (χ3n) is 3.99. The highest BCUT2D eigenvalue weighted by atomic mass is 32.2. The first-order valence-electron chi connectivity index (χ1n) is 10.3. The molecule has 166 valence electrons. The van der Waals surface area contributed by atoms with Gasteiger partial charge >= 0.3 is 10.1 Å². The van der Waals surface area contributed by atoms with Crippen LogP contribution in [0, 0.1) is 0 Å². The molecule has 0 aromatic heterocycles. The third-order valence-corrected chi connectivity index (χ3v) is 4.49. The molecule has 1 aromatic rings. The molecule has 0 atom stereocenters. The van der Waals surface area contributed by atoms with Crippen LogP contribution in [0.5, 0.6) is 5.75 Å². The van der Waals surface area contributed by atoms with E-state index >= 15 is 0 Å². The summed E-state index contributed by atoms with van der Waals surface area (Å²) in [7, 11) is 2.57. The van der Waals surface area contributed by atoms with Crippen LogP contribution in [0.15, 0.2) is 24.3 Å². The molecule has 0 aliphatic heterocycles. The lowest BCUT2D eigenvalue weighted by atomic mass is 10.0. The van der Waals surface area contributed by atoms with Gasteiger partial charge < -0.3 is 15.2 Å². The lowest BCUT2D eigenvalue weighted by Gasteiger charge is -2.05. The Balaban J connectivity index is 0. The Bertz CT molecular complexity index is 555. The Kier molecular flexibility index (Phi) is 18.7. The molecule has 0 aliphatic carbocycles. The van der Waals surface area contributed by atoms with Crippen molar-refractivity contribution in [1.29, 1.82) is 0 Å². The zero-order valence-electron chi connectivity index (χ0n) is 18.9. The molecule has 6 heteroatoms. The van der Waals surface area contributed by atoms with Crippen LogP contribution in [0.1, 0.15) is 76.7 Å². The molecule has 0 amide bonds. The van der Waals surface area contributed by atoms with Gasteiger partial charge in [-0.25, -0.2) is 0 Å². The number of benzene rings is 1. The summed E-state index contributed by atoms with van der Waals surface area (Å²) in [5, 5.41) is 0. The van der Waals surface area contributed by atoms with E-state index in [4.69, 9.17) is 4.18 Å². The van der Waals surface area contributed by atoms with Crippen molar-refractivity contribution in [3.63, 3.8) is 0 Å². The minimum atomic E-state index is -3.43. The molecule has 5 nitrogen and oxygen atoms in total. The lowest BCUT2D eigenvalue weighted by Crippen LogP contribution is -2.05. The second-order valence-electron chi connectivity index (χ2n) is 7.71. The van der Waals surface area contributed by atoms with Crippen LogP contribution in [0.25, 0.3) is 0 Å². The first-order valence-corrected chi connectivity index (χ1v) is 12.2. The number of aryl methyl sites for hydroxylation is 1. The topological polar surface area (TPSA) is 81.6 Å². The normalized spacial score (nSPS) is 10.8. The number of rotatable bonds is 13. The van der Waals surface area contributed by atoms with Crippen LogP contribution in [0.2, 0.25) is 0 Å². The second kappa shape index (κ2) is 18.0. The standard InChI is InChI=1S/C19H32O3S.C3H9N.H3N/c1-3-4-5-6-7-8-9-10-11-12-13-18-14-16-19(17-15-18)22-23(2,20)21;1-4(2)3;/h14-17H,3-13H2,1-2H3;1-3H3;1H3. The van der Waals surface area contributed by atoms with E-state index in [1.54, 1.807) is 12.1 Å². The fraction of sp³-hybridized carbons (Fsp3) is 0.727. The average molecular weight is 417 g/mol. The maximum atomic E-state index is 11.0. The van der Waals surface area contributed by atoms with Gasteiger partial charge in [-0.2, -0.15) is 8.42 Å². The predicted molar refractivity (Wildman–Crippen MR) is 122 cm³/mol. The van der Waals surface area contributed by atoms with Crippen LogP contribution in [-0.2, 0) is 16.5 Å². The average Bonchev–Trinajstić information content (AvgIpc) is 2.56. The second-order valence-corrected chi connectivity index (χ2v) is 9.28. The molecule has 0 radical (unpaired) electrons. The van der Waals surface area contributed by atoms with Crippen molar-refractivity contribution < 1.29 is 12.6 Å². The molecule has 0 heterocycles. The summed E-state index contributed by atoms with van der Waals surface area (Å²) in [4.78, 5) is 2.00. The summed E-state index contributed by atoms with van der Waals surface area (Å²) in [6.45, 7) is 2.26. The zero-order valence-corrected chi connectivity index (χ0v) is 19.7. The predicted octanol–water partition coefficient (Wildman–Crippen LogP) is 5.83. The van der Waals surface area contributed by atoms with E-state index in [0.29, 0.717) is 5.75 Å². The number of hydrogen-bond acceptors (Lipinski definition) is 5. The van der Waals surface area contributed by atoms with Gasteiger partial charge in [0.15, 0.2) is 0 Å². The van der Waals surface area contributed by atoms with Gasteiger partial charge in [0.05, 0.1) is 6.26 Å². The Morgan fingerprint density at radius 2 is 1.18 bits per heavy atom. The summed E-state index contributed by atoms with van der Waals surface area (Å²) < 4.78 is 26.9. The van der Waals surface area contributed by atoms with Gasteiger partial charge in [0.1, 0.15) is 5.75 Å². The Morgan fingerprint density at radius 3 is 1.57 bits per heavy atom. The van der Waals surface area contributed by atoms with Crippen molar-refractivity contribution >= 4 is 10.1 Å².